The molecule has 0 fully saturated rings. The quantitative estimate of drug-likeness (QED) is 0.628. The highest BCUT2D eigenvalue weighted by Gasteiger charge is 2.08. The Balaban J connectivity index is 1.89. The number of nitrogens with zero attached hydrogens (tertiary/aromatic N) is 1. The van der Waals surface area contributed by atoms with Gasteiger partial charge in [-0.15, -0.1) is 0 Å². The Kier molecular flexibility index (Phi) is 4.05. The summed E-state index contributed by atoms with van der Waals surface area (Å²) in [6.07, 6.45) is 1.82. The van der Waals surface area contributed by atoms with Gasteiger partial charge in [0.15, 0.2) is 0 Å². The van der Waals surface area contributed by atoms with E-state index in [1.54, 1.807) is 23.3 Å². The Morgan fingerprint density at radius 1 is 1.30 bits per heavy atom. The van der Waals surface area contributed by atoms with Crippen molar-refractivity contribution >= 4 is 29.0 Å². The Morgan fingerprint density at radius 3 is 2.95 bits per heavy atom. The summed E-state index contributed by atoms with van der Waals surface area (Å²) in [5, 5.41) is 11.3. The van der Waals surface area contributed by atoms with Crippen LogP contribution in [0.2, 0.25) is 0 Å². The second-order valence-corrected chi connectivity index (χ2v) is 5.87. The molecule has 2 aromatic heterocycles. The summed E-state index contributed by atoms with van der Waals surface area (Å²) in [6, 6.07) is 10.2. The standard InChI is InChI=1S/C14H14N4S2/c15-8-10-1-2-14(18-20-11-4-6-19-9-11)12(7-10)13-3-5-16-17-13/h1-7,9,18H,8,15H2,(H,16,17). The van der Waals surface area contributed by atoms with Gasteiger partial charge in [-0.3, -0.25) is 5.10 Å². The molecule has 0 bridgehead atoms. The molecule has 1 aromatic carbocycles. The zero-order valence-corrected chi connectivity index (χ0v) is 12.3. The minimum atomic E-state index is 0.523. The number of anilines is 1. The van der Waals surface area contributed by atoms with Crippen LogP contribution in [0.1, 0.15) is 5.56 Å². The fourth-order valence-electron chi connectivity index (χ4n) is 1.85. The van der Waals surface area contributed by atoms with Gasteiger partial charge in [0.1, 0.15) is 0 Å². The van der Waals surface area contributed by atoms with Crippen LogP contribution in [-0.4, -0.2) is 10.2 Å². The van der Waals surface area contributed by atoms with Crippen LogP contribution in [0.15, 0.2) is 52.2 Å². The smallest absolute Gasteiger partial charge is 0.0941 e. The number of hydrogen-bond acceptors (Lipinski definition) is 5. The van der Waals surface area contributed by atoms with Crippen molar-refractivity contribution in [1.29, 1.82) is 0 Å². The van der Waals surface area contributed by atoms with E-state index < -0.39 is 0 Å². The number of hydrogen-bond donors (Lipinski definition) is 3. The summed E-state index contributed by atoms with van der Waals surface area (Å²) in [5.74, 6) is 0. The number of nitrogens with two attached hydrogens (primary N) is 1. The molecule has 0 atom stereocenters. The van der Waals surface area contributed by atoms with Crippen molar-refractivity contribution in [3.05, 3.63) is 52.9 Å². The molecule has 0 aliphatic carbocycles. The number of rotatable bonds is 5. The van der Waals surface area contributed by atoms with Gasteiger partial charge in [-0.1, -0.05) is 6.07 Å². The fourth-order valence-corrected chi connectivity index (χ4v) is 3.36. The molecule has 0 saturated heterocycles. The van der Waals surface area contributed by atoms with Crippen LogP contribution in [0, 0.1) is 0 Å². The zero-order chi connectivity index (χ0) is 13.8. The largest absolute Gasteiger partial charge is 0.326 e. The van der Waals surface area contributed by atoms with Gasteiger partial charge in [-0.25, -0.2) is 0 Å². The Hall–Kier alpha value is -1.76. The average molecular weight is 302 g/mol. The third kappa shape index (κ3) is 2.87. The van der Waals surface area contributed by atoms with E-state index in [9.17, 15) is 0 Å². The average Bonchev–Trinajstić information content (AvgIpc) is 3.18. The minimum absolute atomic E-state index is 0.523. The summed E-state index contributed by atoms with van der Waals surface area (Å²) in [6.45, 7) is 0.523. The Labute approximate surface area is 125 Å². The van der Waals surface area contributed by atoms with E-state index in [0.29, 0.717) is 6.54 Å². The Morgan fingerprint density at radius 2 is 2.25 bits per heavy atom. The van der Waals surface area contributed by atoms with Crippen LogP contribution in [0.3, 0.4) is 0 Å². The summed E-state index contributed by atoms with van der Waals surface area (Å²) >= 11 is 3.28. The lowest BCUT2D eigenvalue weighted by molar-refractivity contribution is 1.07. The van der Waals surface area contributed by atoms with E-state index >= 15 is 0 Å². The highest BCUT2D eigenvalue weighted by atomic mass is 32.2. The predicted octanol–water partition coefficient (Wildman–Crippen LogP) is 3.72. The molecule has 0 spiro atoms. The summed E-state index contributed by atoms with van der Waals surface area (Å²) in [4.78, 5) is 1.20. The molecule has 6 heteroatoms. The van der Waals surface area contributed by atoms with Crippen LogP contribution >= 0.6 is 23.3 Å². The van der Waals surface area contributed by atoms with Gasteiger partial charge in [0, 0.05) is 28.6 Å². The maximum absolute atomic E-state index is 5.72. The van der Waals surface area contributed by atoms with Crippen molar-refractivity contribution in [2.75, 3.05) is 4.72 Å². The second-order valence-electron chi connectivity index (χ2n) is 4.21. The molecule has 4 N–H and O–H groups in total. The normalized spacial score (nSPS) is 10.7. The first kappa shape index (κ1) is 13.2. The van der Waals surface area contributed by atoms with Crippen molar-refractivity contribution in [3.63, 3.8) is 0 Å². The number of nitrogens with one attached hydrogen (secondary N) is 2. The lowest BCUT2D eigenvalue weighted by Crippen LogP contribution is -1.98. The molecular weight excluding hydrogens is 288 g/mol. The molecular formula is C14H14N4S2. The van der Waals surface area contributed by atoms with Crippen LogP contribution in [0.25, 0.3) is 11.3 Å². The maximum atomic E-state index is 5.72. The Bertz CT molecular complexity index is 663. The maximum Gasteiger partial charge on any atom is 0.0941 e. The van der Waals surface area contributed by atoms with Crippen molar-refractivity contribution in [3.8, 4) is 11.3 Å². The van der Waals surface area contributed by atoms with E-state index in [4.69, 9.17) is 5.73 Å². The monoisotopic (exact) mass is 302 g/mol. The second kappa shape index (κ2) is 6.13. The summed E-state index contributed by atoms with van der Waals surface area (Å²) in [7, 11) is 0. The van der Waals surface area contributed by atoms with Crippen molar-refractivity contribution in [2.24, 2.45) is 5.73 Å². The highest BCUT2D eigenvalue weighted by Crippen LogP contribution is 2.31. The summed E-state index contributed by atoms with van der Waals surface area (Å²) < 4.78 is 3.38. The molecule has 3 aromatic rings. The van der Waals surface area contributed by atoms with Crippen LogP contribution < -0.4 is 10.5 Å². The van der Waals surface area contributed by atoms with E-state index in [1.165, 1.54) is 4.90 Å². The van der Waals surface area contributed by atoms with E-state index in [0.717, 1.165) is 22.5 Å². The lowest BCUT2D eigenvalue weighted by Gasteiger charge is -2.11. The molecule has 0 unspecified atom stereocenters. The van der Waals surface area contributed by atoms with Gasteiger partial charge < -0.3 is 10.5 Å². The zero-order valence-electron chi connectivity index (χ0n) is 10.7. The van der Waals surface area contributed by atoms with Crippen molar-refractivity contribution in [1.82, 2.24) is 10.2 Å². The number of aromatic amines is 1. The van der Waals surface area contributed by atoms with E-state index in [2.05, 4.69) is 37.8 Å². The van der Waals surface area contributed by atoms with Gasteiger partial charge >= 0.3 is 0 Å². The van der Waals surface area contributed by atoms with Gasteiger partial charge in [0.2, 0.25) is 0 Å². The molecule has 20 heavy (non-hydrogen) atoms. The van der Waals surface area contributed by atoms with Gasteiger partial charge in [0.25, 0.3) is 0 Å². The molecule has 2 heterocycles. The number of thiophene rings is 1. The first-order valence-corrected chi connectivity index (χ1v) is 7.91. The molecule has 0 saturated carbocycles. The highest BCUT2D eigenvalue weighted by molar-refractivity contribution is 8.00. The van der Waals surface area contributed by atoms with Crippen LogP contribution in [-0.2, 0) is 6.54 Å². The molecule has 0 aliphatic rings. The third-order valence-corrected chi connectivity index (χ3v) is 4.51. The first-order valence-electron chi connectivity index (χ1n) is 6.15. The molecule has 0 aliphatic heterocycles. The first-order chi connectivity index (χ1) is 9.86. The number of aromatic nitrogens is 2. The lowest BCUT2D eigenvalue weighted by atomic mass is 10.1. The van der Waals surface area contributed by atoms with Crippen LogP contribution in [0.5, 0.6) is 0 Å². The van der Waals surface area contributed by atoms with E-state index in [1.807, 2.05) is 24.4 Å². The molecule has 102 valence electrons. The fraction of sp³-hybridized carbons (Fsp3) is 0.0714. The van der Waals surface area contributed by atoms with Crippen molar-refractivity contribution < 1.29 is 0 Å². The SMILES string of the molecule is NCc1ccc(NSc2ccsc2)c(-c2cc[nH]n2)c1. The molecule has 3 rings (SSSR count). The molecule has 0 radical (unpaired) electrons. The van der Waals surface area contributed by atoms with Gasteiger partial charge in [-0.2, -0.15) is 16.4 Å². The van der Waals surface area contributed by atoms with Crippen molar-refractivity contribution in [2.45, 2.75) is 11.4 Å². The topological polar surface area (TPSA) is 66.7 Å². The number of H-pyrrole nitrogens is 1. The number of benzene rings is 1. The van der Waals surface area contributed by atoms with Crippen LogP contribution in [0.4, 0.5) is 5.69 Å². The third-order valence-electron chi connectivity index (χ3n) is 2.87. The van der Waals surface area contributed by atoms with Gasteiger partial charge in [0.05, 0.1) is 11.4 Å². The van der Waals surface area contributed by atoms with E-state index in [-0.39, 0.29) is 0 Å². The molecule has 0 amide bonds. The van der Waals surface area contributed by atoms with Gasteiger partial charge in [-0.05, 0) is 47.2 Å². The summed E-state index contributed by atoms with van der Waals surface area (Å²) in [5.41, 5.74) is 9.81. The molecule has 4 nitrogen and oxygen atoms in total. The minimum Gasteiger partial charge on any atom is -0.326 e. The predicted molar refractivity (Wildman–Crippen MR) is 85.7 cm³/mol.